The van der Waals surface area contributed by atoms with Crippen molar-refractivity contribution in [2.24, 2.45) is 5.92 Å². The highest BCUT2D eigenvalue weighted by molar-refractivity contribution is 7.12. The number of nitrogens with zero attached hydrogens (tertiary/aromatic N) is 1. The Bertz CT molecular complexity index is 838. The zero-order chi connectivity index (χ0) is 21.5. The molecule has 0 spiro atoms. The molecular weight excluding hydrogens is 422 g/mol. The van der Waals surface area contributed by atoms with Crippen molar-refractivity contribution < 1.29 is 14.3 Å². The molecule has 3 rings (SSSR count). The van der Waals surface area contributed by atoms with Crippen LogP contribution in [0.1, 0.15) is 35.1 Å². The van der Waals surface area contributed by atoms with Gasteiger partial charge in [0.2, 0.25) is 5.91 Å². The van der Waals surface area contributed by atoms with Crippen LogP contribution >= 0.6 is 22.9 Å². The standard InChI is InChI=1S/C22H28ClN3O3S/c1-15(2)20(25-21(27)19-8-5-13-30-19)22(28)24-14-18(26-9-11-29-12-10-26)16-6-3-4-7-17(16)23/h3-8,13,15,18,20H,9-12,14H2,1-2H3,(H,24,28)(H,25,27). The van der Waals surface area contributed by atoms with Gasteiger partial charge in [-0.3, -0.25) is 14.5 Å². The van der Waals surface area contributed by atoms with Gasteiger partial charge in [-0.2, -0.15) is 0 Å². The SMILES string of the molecule is CC(C)C(NC(=O)c1cccs1)C(=O)NCC(c1ccccc1Cl)N1CCOCC1. The number of ether oxygens (including phenoxy) is 1. The molecule has 1 aromatic carbocycles. The maximum absolute atomic E-state index is 13.0. The molecule has 2 N–H and O–H groups in total. The summed E-state index contributed by atoms with van der Waals surface area (Å²) in [5, 5.41) is 8.44. The van der Waals surface area contributed by atoms with Crippen LogP contribution < -0.4 is 10.6 Å². The second-order valence-electron chi connectivity index (χ2n) is 7.60. The summed E-state index contributed by atoms with van der Waals surface area (Å²) in [7, 11) is 0. The van der Waals surface area contributed by atoms with E-state index in [-0.39, 0.29) is 23.8 Å². The van der Waals surface area contributed by atoms with Crippen LogP contribution in [-0.4, -0.2) is 55.6 Å². The highest BCUT2D eigenvalue weighted by atomic mass is 35.5. The Labute approximate surface area is 186 Å². The molecule has 2 heterocycles. The fraction of sp³-hybridized carbons (Fsp3) is 0.455. The van der Waals surface area contributed by atoms with Gasteiger partial charge in [0.05, 0.1) is 24.1 Å². The van der Waals surface area contributed by atoms with Gasteiger partial charge in [-0.15, -0.1) is 11.3 Å². The highest BCUT2D eigenvalue weighted by Gasteiger charge is 2.28. The average molecular weight is 450 g/mol. The van der Waals surface area contributed by atoms with E-state index in [4.69, 9.17) is 16.3 Å². The summed E-state index contributed by atoms with van der Waals surface area (Å²) in [6, 6.07) is 10.6. The number of carbonyl (C=O) groups is 2. The minimum Gasteiger partial charge on any atom is -0.379 e. The van der Waals surface area contributed by atoms with Gasteiger partial charge in [0.25, 0.3) is 5.91 Å². The maximum atomic E-state index is 13.0. The number of amides is 2. The van der Waals surface area contributed by atoms with E-state index in [0.29, 0.717) is 29.7 Å². The Balaban J connectivity index is 1.70. The fourth-order valence-corrected chi connectivity index (χ4v) is 4.42. The number of thiophene rings is 1. The predicted molar refractivity (Wildman–Crippen MR) is 120 cm³/mol. The van der Waals surface area contributed by atoms with Crippen molar-refractivity contribution in [3.05, 3.63) is 57.2 Å². The van der Waals surface area contributed by atoms with Crippen LogP contribution in [0.4, 0.5) is 0 Å². The molecule has 1 fully saturated rings. The van der Waals surface area contributed by atoms with E-state index < -0.39 is 6.04 Å². The predicted octanol–water partition coefficient (Wildman–Crippen LogP) is 3.35. The quantitative estimate of drug-likeness (QED) is 0.648. The third kappa shape index (κ3) is 5.82. The molecule has 2 atom stereocenters. The van der Waals surface area contributed by atoms with Gasteiger partial charge in [0.15, 0.2) is 0 Å². The molecule has 8 heteroatoms. The summed E-state index contributed by atoms with van der Waals surface area (Å²) < 4.78 is 5.48. The second kappa shape index (κ2) is 10.9. The molecule has 0 aliphatic carbocycles. The molecule has 0 bridgehead atoms. The van der Waals surface area contributed by atoms with Crippen LogP contribution in [0, 0.1) is 5.92 Å². The molecule has 2 unspecified atom stereocenters. The Morgan fingerprint density at radius 2 is 1.90 bits per heavy atom. The molecule has 2 amide bonds. The minimum atomic E-state index is -0.615. The molecule has 162 valence electrons. The summed E-state index contributed by atoms with van der Waals surface area (Å²) >= 11 is 7.82. The van der Waals surface area contributed by atoms with Crippen molar-refractivity contribution in [2.75, 3.05) is 32.8 Å². The van der Waals surface area contributed by atoms with Gasteiger partial charge in [0.1, 0.15) is 6.04 Å². The smallest absolute Gasteiger partial charge is 0.262 e. The molecule has 1 saturated heterocycles. The molecule has 1 aliphatic heterocycles. The number of hydrogen-bond donors (Lipinski definition) is 2. The summed E-state index contributed by atoms with van der Waals surface area (Å²) in [5.41, 5.74) is 0.977. The van der Waals surface area contributed by atoms with Gasteiger partial charge >= 0.3 is 0 Å². The van der Waals surface area contributed by atoms with Crippen LogP contribution in [0.3, 0.4) is 0 Å². The Morgan fingerprint density at radius 1 is 1.17 bits per heavy atom. The zero-order valence-corrected chi connectivity index (χ0v) is 18.8. The van der Waals surface area contributed by atoms with Gasteiger partial charge in [0, 0.05) is 24.7 Å². The van der Waals surface area contributed by atoms with Gasteiger partial charge < -0.3 is 15.4 Å². The zero-order valence-electron chi connectivity index (χ0n) is 17.3. The normalized spacial score (nSPS) is 16.8. The topological polar surface area (TPSA) is 70.7 Å². The summed E-state index contributed by atoms with van der Waals surface area (Å²) in [5.74, 6) is -0.467. The Kier molecular flexibility index (Phi) is 8.27. The van der Waals surface area contributed by atoms with E-state index in [2.05, 4.69) is 15.5 Å². The molecule has 2 aromatic rings. The Morgan fingerprint density at radius 3 is 2.53 bits per heavy atom. The molecule has 1 aromatic heterocycles. The summed E-state index contributed by atoms with van der Waals surface area (Å²) in [6.45, 7) is 7.10. The lowest BCUT2D eigenvalue weighted by atomic mass is 10.0. The van der Waals surface area contributed by atoms with Crippen molar-refractivity contribution >= 4 is 34.8 Å². The van der Waals surface area contributed by atoms with Gasteiger partial charge in [-0.1, -0.05) is 49.7 Å². The first kappa shape index (κ1) is 22.7. The lowest BCUT2D eigenvalue weighted by Gasteiger charge is -2.35. The van der Waals surface area contributed by atoms with E-state index in [1.54, 1.807) is 6.07 Å². The van der Waals surface area contributed by atoms with E-state index in [9.17, 15) is 9.59 Å². The van der Waals surface area contributed by atoms with Crippen LogP contribution in [0.5, 0.6) is 0 Å². The minimum absolute atomic E-state index is 0.0453. The number of nitrogens with one attached hydrogen (secondary N) is 2. The van der Waals surface area contributed by atoms with Gasteiger partial charge in [-0.25, -0.2) is 0 Å². The molecule has 1 aliphatic rings. The van der Waals surface area contributed by atoms with E-state index >= 15 is 0 Å². The molecule has 6 nitrogen and oxygen atoms in total. The monoisotopic (exact) mass is 449 g/mol. The first-order valence-corrected chi connectivity index (χ1v) is 11.4. The number of benzene rings is 1. The summed E-state index contributed by atoms with van der Waals surface area (Å²) in [4.78, 5) is 28.3. The van der Waals surface area contributed by atoms with Crippen molar-refractivity contribution in [1.29, 1.82) is 0 Å². The van der Waals surface area contributed by atoms with Gasteiger partial charge in [-0.05, 0) is 29.0 Å². The van der Waals surface area contributed by atoms with E-state index in [0.717, 1.165) is 18.7 Å². The van der Waals surface area contributed by atoms with Crippen molar-refractivity contribution in [3.8, 4) is 0 Å². The Hall–Kier alpha value is -1.93. The molecule has 0 radical (unpaired) electrons. The lowest BCUT2D eigenvalue weighted by Crippen LogP contribution is -2.51. The van der Waals surface area contributed by atoms with Crippen LogP contribution in [0.2, 0.25) is 5.02 Å². The molecule has 0 saturated carbocycles. The van der Waals surface area contributed by atoms with Crippen molar-refractivity contribution in [2.45, 2.75) is 25.9 Å². The highest BCUT2D eigenvalue weighted by Crippen LogP contribution is 2.27. The maximum Gasteiger partial charge on any atom is 0.262 e. The van der Waals surface area contributed by atoms with Crippen LogP contribution in [-0.2, 0) is 9.53 Å². The van der Waals surface area contributed by atoms with E-state index in [1.165, 1.54) is 11.3 Å². The van der Waals surface area contributed by atoms with E-state index in [1.807, 2.05) is 49.6 Å². The fourth-order valence-electron chi connectivity index (χ4n) is 3.53. The molecule has 30 heavy (non-hydrogen) atoms. The second-order valence-corrected chi connectivity index (χ2v) is 8.96. The number of hydrogen-bond acceptors (Lipinski definition) is 5. The largest absolute Gasteiger partial charge is 0.379 e. The van der Waals surface area contributed by atoms with Crippen molar-refractivity contribution in [3.63, 3.8) is 0 Å². The molecular formula is C22H28ClN3O3S. The first-order chi connectivity index (χ1) is 14.5. The van der Waals surface area contributed by atoms with Crippen molar-refractivity contribution in [1.82, 2.24) is 15.5 Å². The number of carbonyl (C=O) groups excluding carboxylic acids is 2. The third-order valence-corrected chi connectivity index (χ3v) is 6.41. The lowest BCUT2D eigenvalue weighted by molar-refractivity contribution is -0.124. The number of halogens is 1. The van der Waals surface area contributed by atoms with Crippen LogP contribution in [0.25, 0.3) is 0 Å². The van der Waals surface area contributed by atoms with Crippen LogP contribution in [0.15, 0.2) is 41.8 Å². The first-order valence-electron chi connectivity index (χ1n) is 10.2. The number of rotatable bonds is 8. The third-order valence-electron chi connectivity index (χ3n) is 5.20. The average Bonchev–Trinajstić information content (AvgIpc) is 3.28. The summed E-state index contributed by atoms with van der Waals surface area (Å²) in [6.07, 6.45) is 0. The number of morpholine rings is 1.